The molecule has 0 saturated carbocycles. The lowest BCUT2D eigenvalue weighted by atomic mass is 9.99. The fraction of sp³-hybridized carbons (Fsp3) is 0.933. The lowest BCUT2D eigenvalue weighted by Gasteiger charge is -2.41. The molecule has 0 aromatic rings. The van der Waals surface area contributed by atoms with Gasteiger partial charge in [-0.3, -0.25) is 9.35 Å². The molecule has 1 amide bonds. The summed E-state index contributed by atoms with van der Waals surface area (Å²) < 4.78 is 47.3. The summed E-state index contributed by atoms with van der Waals surface area (Å²) in [4.78, 5) is 13.1. The molecule has 1 aliphatic heterocycles. The Morgan fingerprint density at radius 2 is 1.10 bits per heavy atom. The zero-order chi connectivity index (χ0) is 43.6. The van der Waals surface area contributed by atoms with E-state index in [-0.39, 0.29) is 6.42 Å². The summed E-state index contributed by atoms with van der Waals surface area (Å²) in [6.45, 7) is 3.17. The van der Waals surface area contributed by atoms with E-state index in [1.165, 1.54) is 134 Å². The van der Waals surface area contributed by atoms with Gasteiger partial charge in [0.15, 0.2) is 6.29 Å². The number of carbonyl (C=O) groups excluding carboxylic acids is 1. The van der Waals surface area contributed by atoms with Gasteiger partial charge in [0, 0.05) is 0 Å². The molecule has 8 unspecified atom stereocenters. The van der Waals surface area contributed by atoms with Crippen LogP contribution in [0.2, 0.25) is 0 Å². The maximum atomic E-state index is 13.1. The monoisotopic (exact) mass is 866 g/mol. The SMILES string of the molecule is CCCCCCCC/C=C/C(O)C(COC1OC(CO)C(O)C(OS(=O)(=O)O)C1O)NC(=O)C(O)CCCCCCCCCCCCCCCCCCCCCCCC. The highest BCUT2D eigenvalue weighted by Gasteiger charge is 2.48. The lowest BCUT2D eigenvalue weighted by molar-refractivity contribution is -0.298. The van der Waals surface area contributed by atoms with Crippen LogP contribution in [0.15, 0.2) is 12.2 Å². The summed E-state index contributed by atoms with van der Waals surface area (Å²) in [5, 5.41) is 55.0. The van der Waals surface area contributed by atoms with Crippen LogP contribution in [0.3, 0.4) is 0 Å². The largest absolute Gasteiger partial charge is 0.397 e. The first-order valence-corrected chi connectivity index (χ1v) is 25.0. The molecule has 1 heterocycles. The van der Waals surface area contributed by atoms with E-state index < -0.39 is 78.5 Å². The van der Waals surface area contributed by atoms with E-state index in [2.05, 4.69) is 23.3 Å². The fourth-order valence-corrected chi connectivity index (χ4v) is 8.15. The average molecular weight is 866 g/mol. The zero-order valence-corrected chi connectivity index (χ0v) is 37.8. The van der Waals surface area contributed by atoms with E-state index >= 15 is 0 Å². The molecule has 1 saturated heterocycles. The Morgan fingerprint density at radius 3 is 1.53 bits per heavy atom. The number of unbranched alkanes of at least 4 members (excludes halogenated alkanes) is 27. The molecular formula is C45H87NO12S. The molecule has 14 heteroatoms. The predicted octanol–water partition coefficient (Wildman–Crippen LogP) is 8.14. The highest BCUT2D eigenvalue weighted by atomic mass is 32.3. The Hall–Kier alpha value is -1.20. The van der Waals surface area contributed by atoms with Crippen molar-refractivity contribution < 1.29 is 57.0 Å². The smallest absolute Gasteiger partial charge is 0.394 e. The van der Waals surface area contributed by atoms with Crippen molar-refractivity contribution in [3.8, 4) is 0 Å². The van der Waals surface area contributed by atoms with Crippen LogP contribution in [0, 0.1) is 0 Å². The third-order valence-corrected chi connectivity index (χ3v) is 11.9. The summed E-state index contributed by atoms with van der Waals surface area (Å²) in [7, 11) is -5.11. The van der Waals surface area contributed by atoms with Gasteiger partial charge in [0.1, 0.15) is 30.5 Å². The summed E-state index contributed by atoms with van der Waals surface area (Å²) in [6, 6.07) is -1.11. The number of hydrogen-bond donors (Lipinski definition) is 7. The molecule has 59 heavy (non-hydrogen) atoms. The van der Waals surface area contributed by atoms with E-state index in [9.17, 15) is 38.7 Å². The fourth-order valence-electron chi connectivity index (χ4n) is 7.64. The second-order valence-electron chi connectivity index (χ2n) is 16.8. The number of allylic oxidation sites excluding steroid dienone is 1. The third kappa shape index (κ3) is 28.9. The van der Waals surface area contributed by atoms with Gasteiger partial charge in [0.05, 0.1) is 25.4 Å². The molecule has 13 nitrogen and oxygen atoms in total. The van der Waals surface area contributed by atoms with Crippen molar-refractivity contribution in [3.05, 3.63) is 12.2 Å². The minimum Gasteiger partial charge on any atom is -0.394 e. The topological polar surface area (TPSA) is 212 Å². The number of amides is 1. The van der Waals surface area contributed by atoms with E-state index in [1.807, 2.05) is 0 Å². The number of rotatable bonds is 40. The van der Waals surface area contributed by atoms with Crippen LogP contribution in [-0.4, -0.2) is 107 Å². The van der Waals surface area contributed by atoms with Crippen molar-refractivity contribution in [2.45, 2.75) is 255 Å². The van der Waals surface area contributed by atoms with Gasteiger partial charge in [-0.2, -0.15) is 8.42 Å². The van der Waals surface area contributed by atoms with Crippen molar-refractivity contribution in [2.75, 3.05) is 13.2 Å². The number of nitrogens with one attached hydrogen (secondary N) is 1. The quantitative estimate of drug-likeness (QED) is 0.0177. The first-order valence-electron chi connectivity index (χ1n) is 23.7. The van der Waals surface area contributed by atoms with E-state index in [0.29, 0.717) is 12.8 Å². The maximum absolute atomic E-state index is 13.1. The second-order valence-corrected chi connectivity index (χ2v) is 17.9. The summed E-state index contributed by atoms with van der Waals surface area (Å²) in [5.74, 6) is -0.702. The average Bonchev–Trinajstić information content (AvgIpc) is 3.20. The first kappa shape index (κ1) is 55.8. The van der Waals surface area contributed by atoms with Crippen LogP contribution >= 0.6 is 0 Å². The third-order valence-electron chi connectivity index (χ3n) is 11.4. The Bertz CT molecular complexity index is 1130. The molecule has 0 radical (unpaired) electrons. The van der Waals surface area contributed by atoms with Crippen LogP contribution in [-0.2, 0) is 28.9 Å². The molecule has 8 atom stereocenters. The van der Waals surface area contributed by atoms with Gasteiger partial charge in [0.2, 0.25) is 5.91 Å². The maximum Gasteiger partial charge on any atom is 0.397 e. The minimum absolute atomic E-state index is 0.248. The molecule has 1 rings (SSSR count). The molecule has 350 valence electrons. The predicted molar refractivity (Wildman–Crippen MR) is 233 cm³/mol. The van der Waals surface area contributed by atoms with Crippen molar-refractivity contribution in [3.63, 3.8) is 0 Å². The van der Waals surface area contributed by atoms with Gasteiger partial charge in [-0.25, -0.2) is 4.18 Å². The first-order chi connectivity index (χ1) is 28.4. The Morgan fingerprint density at radius 1 is 0.678 bits per heavy atom. The van der Waals surface area contributed by atoms with E-state index in [4.69, 9.17) is 14.0 Å². The molecule has 1 aliphatic rings. The van der Waals surface area contributed by atoms with Crippen LogP contribution in [0.25, 0.3) is 0 Å². The van der Waals surface area contributed by atoms with Crippen molar-refractivity contribution in [1.82, 2.24) is 5.32 Å². The number of aliphatic hydroxyl groups excluding tert-OH is 5. The molecule has 0 spiro atoms. The Balaban J connectivity index is 2.40. The summed E-state index contributed by atoms with van der Waals surface area (Å²) >= 11 is 0. The molecule has 0 aliphatic carbocycles. The number of hydrogen-bond acceptors (Lipinski definition) is 11. The Kier molecular flexibility index (Phi) is 34.3. The highest BCUT2D eigenvalue weighted by molar-refractivity contribution is 7.80. The highest BCUT2D eigenvalue weighted by Crippen LogP contribution is 2.26. The minimum atomic E-state index is -5.11. The normalized spacial score (nSPS) is 21.5. The summed E-state index contributed by atoms with van der Waals surface area (Å²) in [5.41, 5.74) is 0. The Labute approximate surface area is 358 Å². The number of ether oxygens (including phenoxy) is 2. The van der Waals surface area contributed by atoms with Gasteiger partial charge in [-0.05, 0) is 19.3 Å². The molecule has 7 N–H and O–H groups in total. The lowest BCUT2D eigenvalue weighted by Crippen LogP contribution is -2.61. The van der Waals surface area contributed by atoms with Gasteiger partial charge in [-0.15, -0.1) is 0 Å². The van der Waals surface area contributed by atoms with Gasteiger partial charge < -0.3 is 40.3 Å². The molecule has 1 fully saturated rings. The molecule has 0 bridgehead atoms. The zero-order valence-electron chi connectivity index (χ0n) is 36.9. The molecular weight excluding hydrogens is 779 g/mol. The van der Waals surface area contributed by atoms with Crippen molar-refractivity contribution in [1.29, 1.82) is 0 Å². The van der Waals surface area contributed by atoms with Gasteiger partial charge in [0.25, 0.3) is 0 Å². The van der Waals surface area contributed by atoms with Crippen LogP contribution in [0.4, 0.5) is 0 Å². The molecule has 0 aromatic carbocycles. The van der Waals surface area contributed by atoms with Gasteiger partial charge in [-0.1, -0.05) is 199 Å². The standard InChI is InChI=1S/C45H87NO12S/c1-3-5-7-9-11-13-14-15-16-17-18-19-20-21-22-23-24-25-26-28-30-32-34-39(49)44(52)46-37(38(48)33-31-29-27-12-10-8-6-4-2)36-56-45-42(51)43(58-59(53,54)55)41(50)40(35-47)57-45/h31,33,37-43,45,47-51H,3-30,32,34-36H2,1-2H3,(H,46,52)(H,53,54,55)/b33-31+. The van der Waals surface area contributed by atoms with Gasteiger partial charge >= 0.3 is 10.4 Å². The second kappa shape index (κ2) is 36.3. The van der Waals surface area contributed by atoms with Crippen LogP contribution in [0.5, 0.6) is 0 Å². The molecule has 0 aromatic heterocycles. The van der Waals surface area contributed by atoms with Crippen molar-refractivity contribution >= 4 is 16.3 Å². The van der Waals surface area contributed by atoms with Crippen LogP contribution < -0.4 is 5.32 Å². The van der Waals surface area contributed by atoms with Crippen molar-refractivity contribution in [2.24, 2.45) is 0 Å². The number of carbonyl (C=O) groups is 1. The number of aliphatic hydroxyl groups is 5. The van der Waals surface area contributed by atoms with Crippen LogP contribution in [0.1, 0.15) is 206 Å². The van der Waals surface area contributed by atoms with E-state index in [0.717, 1.165) is 44.9 Å². The summed E-state index contributed by atoms with van der Waals surface area (Å²) in [6.07, 6.45) is 27.6. The van der Waals surface area contributed by atoms with E-state index in [1.54, 1.807) is 6.08 Å².